The van der Waals surface area contributed by atoms with E-state index in [1.807, 2.05) is 42.5 Å². The van der Waals surface area contributed by atoms with Crippen LogP contribution < -0.4 is 5.32 Å². The first-order valence-electron chi connectivity index (χ1n) is 8.40. The van der Waals surface area contributed by atoms with E-state index >= 15 is 0 Å². The second kappa shape index (κ2) is 6.11. The summed E-state index contributed by atoms with van der Waals surface area (Å²) in [6.07, 6.45) is 0. The zero-order valence-electron chi connectivity index (χ0n) is 13.9. The molecule has 2 N–H and O–H groups in total. The molecule has 2 aliphatic rings. The van der Waals surface area contributed by atoms with E-state index in [4.69, 9.17) is 4.74 Å². The van der Waals surface area contributed by atoms with Gasteiger partial charge in [0.1, 0.15) is 12.4 Å². The van der Waals surface area contributed by atoms with Crippen molar-refractivity contribution in [3.63, 3.8) is 0 Å². The molecule has 1 atom stereocenters. The van der Waals surface area contributed by atoms with Gasteiger partial charge in [-0.15, -0.1) is 0 Å². The molecule has 0 radical (unpaired) electrons. The standard InChI is InChI=1S/C21H13Br2NO3/c22-11-6-10(7-12(23)8-11)18-15-5-4-13-14(2-1-3-17(13)25)20(15)24-16-9-27-21(26)19(16)18/h1-8,18,24-25H,9H2. The summed E-state index contributed by atoms with van der Waals surface area (Å²) < 4.78 is 7.19. The Morgan fingerprint density at radius 3 is 2.59 bits per heavy atom. The summed E-state index contributed by atoms with van der Waals surface area (Å²) in [6, 6.07) is 15.3. The minimum Gasteiger partial charge on any atom is -0.507 e. The van der Waals surface area contributed by atoms with E-state index in [0.717, 1.165) is 42.2 Å². The van der Waals surface area contributed by atoms with Crippen LogP contribution in [0.1, 0.15) is 17.0 Å². The topological polar surface area (TPSA) is 58.6 Å². The molecule has 0 fully saturated rings. The van der Waals surface area contributed by atoms with Crippen molar-refractivity contribution in [3.8, 4) is 5.75 Å². The third-order valence-corrected chi connectivity index (χ3v) is 5.97. The molecule has 3 aromatic carbocycles. The molecule has 6 heteroatoms. The van der Waals surface area contributed by atoms with E-state index in [-0.39, 0.29) is 24.2 Å². The average molecular weight is 487 g/mol. The number of nitrogens with one attached hydrogen (secondary N) is 1. The summed E-state index contributed by atoms with van der Waals surface area (Å²) in [7, 11) is 0. The second-order valence-corrected chi connectivity index (χ2v) is 8.46. The molecule has 0 amide bonds. The Morgan fingerprint density at radius 1 is 1.04 bits per heavy atom. The minimum absolute atomic E-state index is 0.231. The highest BCUT2D eigenvalue weighted by molar-refractivity contribution is 9.11. The first-order chi connectivity index (χ1) is 13.0. The highest BCUT2D eigenvalue weighted by Gasteiger charge is 2.39. The summed E-state index contributed by atoms with van der Waals surface area (Å²) in [6.45, 7) is 0.231. The molecule has 0 saturated carbocycles. The third kappa shape index (κ3) is 2.58. The number of esters is 1. The summed E-state index contributed by atoms with van der Waals surface area (Å²) in [5, 5.41) is 15.3. The maximum Gasteiger partial charge on any atom is 0.337 e. The van der Waals surface area contributed by atoms with Gasteiger partial charge in [0.15, 0.2) is 0 Å². The van der Waals surface area contributed by atoms with E-state index < -0.39 is 0 Å². The Morgan fingerprint density at radius 2 is 1.81 bits per heavy atom. The van der Waals surface area contributed by atoms with Crippen molar-refractivity contribution in [1.29, 1.82) is 0 Å². The van der Waals surface area contributed by atoms with Crippen LogP contribution in [0.2, 0.25) is 0 Å². The van der Waals surface area contributed by atoms with Crippen molar-refractivity contribution in [1.82, 2.24) is 0 Å². The van der Waals surface area contributed by atoms with Gasteiger partial charge in [-0.1, -0.05) is 56.1 Å². The van der Waals surface area contributed by atoms with E-state index in [0.29, 0.717) is 5.57 Å². The lowest BCUT2D eigenvalue weighted by Crippen LogP contribution is -2.20. The smallest absolute Gasteiger partial charge is 0.337 e. The van der Waals surface area contributed by atoms with Crippen molar-refractivity contribution in [2.45, 2.75) is 5.92 Å². The molecule has 27 heavy (non-hydrogen) atoms. The van der Waals surface area contributed by atoms with Crippen molar-refractivity contribution in [3.05, 3.63) is 79.9 Å². The zero-order chi connectivity index (χ0) is 18.7. The van der Waals surface area contributed by atoms with E-state index in [1.54, 1.807) is 6.07 Å². The molecule has 0 aromatic heterocycles. The van der Waals surface area contributed by atoms with Crippen LogP contribution in [0.4, 0.5) is 5.69 Å². The maximum atomic E-state index is 12.5. The van der Waals surface area contributed by atoms with Crippen molar-refractivity contribution < 1.29 is 14.6 Å². The number of carbonyl (C=O) groups is 1. The molecule has 0 aliphatic carbocycles. The highest BCUT2D eigenvalue weighted by atomic mass is 79.9. The lowest BCUT2D eigenvalue weighted by atomic mass is 9.80. The normalized spacial score (nSPS) is 18.1. The number of aromatic hydroxyl groups is 1. The Kier molecular flexibility index (Phi) is 3.81. The Bertz CT molecular complexity index is 1150. The predicted molar refractivity (Wildman–Crippen MR) is 111 cm³/mol. The molecule has 5 rings (SSSR count). The highest BCUT2D eigenvalue weighted by Crippen LogP contribution is 2.48. The average Bonchev–Trinajstić information content (AvgIpc) is 3.00. The Balaban J connectivity index is 1.82. The molecule has 0 bridgehead atoms. The van der Waals surface area contributed by atoms with Crippen LogP contribution in [0.5, 0.6) is 5.75 Å². The van der Waals surface area contributed by atoms with Crippen LogP contribution >= 0.6 is 31.9 Å². The minimum atomic E-state index is -0.291. The molecular formula is C21H13Br2NO3. The number of hydrogen-bond donors (Lipinski definition) is 2. The van der Waals surface area contributed by atoms with Crippen molar-refractivity contribution >= 4 is 54.3 Å². The number of fused-ring (bicyclic) bond motifs is 3. The van der Waals surface area contributed by atoms with Crippen molar-refractivity contribution in [2.24, 2.45) is 0 Å². The van der Waals surface area contributed by atoms with Crippen LogP contribution in [0.25, 0.3) is 10.8 Å². The number of benzene rings is 3. The van der Waals surface area contributed by atoms with Gasteiger partial charge in [-0.2, -0.15) is 0 Å². The molecule has 0 saturated heterocycles. The van der Waals surface area contributed by atoms with Gasteiger partial charge >= 0.3 is 5.97 Å². The van der Waals surface area contributed by atoms with Gasteiger partial charge in [-0.25, -0.2) is 4.79 Å². The number of anilines is 1. The van der Waals surface area contributed by atoms with Gasteiger partial charge in [0.2, 0.25) is 0 Å². The second-order valence-electron chi connectivity index (χ2n) is 6.63. The van der Waals surface area contributed by atoms with E-state index in [1.165, 1.54) is 0 Å². The van der Waals surface area contributed by atoms with Crippen LogP contribution in [0, 0.1) is 0 Å². The number of rotatable bonds is 1. The van der Waals surface area contributed by atoms with Crippen molar-refractivity contribution in [2.75, 3.05) is 11.9 Å². The molecule has 2 aliphatic heterocycles. The Labute approximate surface area is 172 Å². The van der Waals surface area contributed by atoms with Gasteiger partial charge in [-0.3, -0.25) is 0 Å². The van der Waals surface area contributed by atoms with E-state index in [2.05, 4.69) is 37.2 Å². The molecule has 0 spiro atoms. The third-order valence-electron chi connectivity index (χ3n) is 5.06. The summed E-state index contributed by atoms with van der Waals surface area (Å²) in [4.78, 5) is 12.5. The van der Waals surface area contributed by atoms with Gasteiger partial charge in [-0.05, 0) is 35.4 Å². The van der Waals surface area contributed by atoms with Crippen LogP contribution in [-0.4, -0.2) is 17.7 Å². The van der Waals surface area contributed by atoms with Gasteiger partial charge in [0.05, 0.1) is 17.0 Å². The number of phenols is 1. The fourth-order valence-electron chi connectivity index (χ4n) is 3.94. The summed E-state index contributed by atoms with van der Waals surface area (Å²) in [5.74, 6) is -0.301. The monoisotopic (exact) mass is 485 g/mol. The van der Waals surface area contributed by atoms with Gasteiger partial charge < -0.3 is 15.2 Å². The number of hydrogen-bond acceptors (Lipinski definition) is 4. The number of carbonyl (C=O) groups excluding carboxylic acids is 1. The largest absolute Gasteiger partial charge is 0.507 e. The number of cyclic esters (lactones) is 1. The molecule has 4 nitrogen and oxygen atoms in total. The molecule has 2 heterocycles. The molecule has 1 unspecified atom stereocenters. The maximum absolute atomic E-state index is 12.5. The lowest BCUT2D eigenvalue weighted by molar-refractivity contribution is -0.136. The Hall–Kier alpha value is -2.31. The predicted octanol–water partition coefficient (Wildman–Crippen LogP) is 5.44. The molecular weight excluding hydrogens is 474 g/mol. The number of halogens is 2. The molecule has 134 valence electrons. The lowest BCUT2D eigenvalue weighted by Gasteiger charge is -2.28. The quantitative estimate of drug-likeness (QED) is 0.450. The summed E-state index contributed by atoms with van der Waals surface area (Å²) in [5.41, 5.74) is 4.30. The van der Waals surface area contributed by atoms with E-state index in [9.17, 15) is 9.90 Å². The van der Waals surface area contributed by atoms with Crippen LogP contribution in [-0.2, 0) is 9.53 Å². The number of phenolic OH excluding ortho intramolecular Hbond substituents is 1. The van der Waals surface area contributed by atoms with Gasteiger partial charge in [0, 0.05) is 25.6 Å². The first kappa shape index (κ1) is 16.8. The van der Waals surface area contributed by atoms with Crippen LogP contribution in [0.3, 0.4) is 0 Å². The fourth-order valence-corrected chi connectivity index (χ4v) is 5.27. The fraction of sp³-hybridized carbons (Fsp3) is 0.0952. The van der Waals surface area contributed by atoms with Gasteiger partial charge in [0.25, 0.3) is 0 Å². The SMILES string of the molecule is O=C1OCC2=C1C(c1cc(Br)cc(Br)c1)c1ccc3c(O)cccc3c1N2. The number of ether oxygens (including phenoxy) is 1. The first-order valence-corrected chi connectivity index (χ1v) is 9.99. The molecule has 3 aromatic rings. The zero-order valence-corrected chi connectivity index (χ0v) is 17.1. The van der Waals surface area contributed by atoms with Crippen LogP contribution in [0.15, 0.2) is 68.7 Å². The summed E-state index contributed by atoms with van der Waals surface area (Å²) >= 11 is 7.09.